The number of carbonyl (C=O) groups is 2. The van der Waals surface area contributed by atoms with Gasteiger partial charge in [0.05, 0.1) is 31.1 Å². The number of hydrogen-bond donors (Lipinski definition) is 0. The summed E-state index contributed by atoms with van der Waals surface area (Å²) in [5, 5.41) is 1.68. The number of rotatable bonds is 7. The first kappa shape index (κ1) is 22.9. The molecule has 3 atom stereocenters. The molecule has 7 nitrogen and oxygen atoms in total. The minimum atomic E-state index is -0.920. The molecule has 0 aromatic heterocycles. The van der Waals surface area contributed by atoms with Crippen molar-refractivity contribution in [2.45, 2.75) is 32.4 Å². The SMILES string of the molecule is CCCOc1ccc([C@H]2[C@H]3C(=O)N(c4ccc(C)cc4)C(=O)[C@@H]3ON2c2ccccc2)cc1OC. The number of ether oxygens (including phenoxy) is 2. The first-order valence-electron chi connectivity index (χ1n) is 11.8. The lowest BCUT2D eigenvalue weighted by Gasteiger charge is -2.29. The van der Waals surface area contributed by atoms with Gasteiger partial charge in [0.25, 0.3) is 5.91 Å². The van der Waals surface area contributed by atoms with E-state index < -0.39 is 18.1 Å². The Kier molecular flexibility index (Phi) is 6.17. The van der Waals surface area contributed by atoms with Gasteiger partial charge in [0.2, 0.25) is 5.91 Å². The first-order valence-corrected chi connectivity index (χ1v) is 11.8. The molecular weight excluding hydrogens is 444 g/mol. The van der Waals surface area contributed by atoms with Crippen LogP contribution in [0.1, 0.15) is 30.5 Å². The number of carbonyl (C=O) groups excluding carboxylic acids is 2. The van der Waals surface area contributed by atoms with Gasteiger partial charge >= 0.3 is 0 Å². The van der Waals surface area contributed by atoms with Crippen LogP contribution in [0.25, 0.3) is 0 Å². The van der Waals surface area contributed by atoms with Crippen LogP contribution in [0.15, 0.2) is 72.8 Å². The summed E-state index contributed by atoms with van der Waals surface area (Å²) < 4.78 is 11.4. The Morgan fingerprint density at radius 1 is 0.886 bits per heavy atom. The summed E-state index contributed by atoms with van der Waals surface area (Å²) in [6.07, 6.45) is -0.0470. The molecule has 3 aromatic carbocycles. The monoisotopic (exact) mass is 472 g/mol. The molecule has 2 aliphatic heterocycles. The summed E-state index contributed by atoms with van der Waals surface area (Å²) in [7, 11) is 1.59. The number of para-hydroxylation sites is 1. The number of benzene rings is 3. The molecular formula is C28H28N2O5. The van der Waals surface area contributed by atoms with Crippen molar-refractivity contribution in [1.29, 1.82) is 0 Å². The van der Waals surface area contributed by atoms with Gasteiger partial charge in [-0.05, 0) is 55.3 Å². The summed E-state index contributed by atoms with van der Waals surface area (Å²) in [6.45, 7) is 4.57. The second kappa shape index (κ2) is 9.43. The Labute approximate surface area is 204 Å². The molecule has 7 heteroatoms. The predicted molar refractivity (Wildman–Crippen MR) is 132 cm³/mol. The largest absolute Gasteiger partial charge is 0.493 e. The fraction of sp³-hybridized carbons (Fsp3) is 0.286. The lowest BCUT2D eigenvalue weighted by atomic mass is 9.90. The van der Waals surface area contributed by atoms with Crippen molar-refractivity contribution in [1.82, 2.24) is 0 Å². The van der Waals surface area contributed by atoms with Crippen molar-refractivity contribution in [3.63, 3.8) is 0 Å². The minimum Gasteiger partial charge on any atom is -0.493 e. The van der Waals surface area contributed by atoms with Gasteiger partial charge in [-0.25, -0.2) is 9.96 Å². The van der Waals surface area contributed by atoms with Crippen LogP contribution in [0.2, 0.25) is 0 Å². The number of hydroxylamine groups is 1. The lowest BCUT2D eigenvalue weighted by Crippen LogP contribution is -2.37. The Morgan fingerprint density at radius 3 is 2.31 bits per heavy atom. The standard InChI is InChI=1S/C28H28N2O5/c1-4-16-34-22-15-12-19(17-23(22)33-3)25-24-26(35-30(25)21-8-6-5-7-9-21)28(32)29(27(24)31)20-13-10-18(2)11-14-20/h5-15,17,24-26H,4,16H2,1-3H3/t24-,25+,26-/m1/s1. The van der Waals surface area contributed by atoms with Crippen LogP contribution in [0.5, 0.6) is 11.5 Å². The number of nitrogens with zero attached hydrogens (tertiary/aromatic N) is 2. The van der Waals surface area contributed by atoms with Gasteiger partial charge in [-0.3, -0.25) is 14.4 Å². The average Bonchev–Trinajstić information content (AvgIpc) is 3.39. The third kappa shape index (κ3) is 4.02. The number of anilines is 2. The summed E-state index contributed by atoms with van der Waals surface area (Å²) in [6, 6.07) is 22.0. The van der Waals surface area contributed by atoms with Gasteiger partial charge in [0.15, 0.2) is 17.6 Å². The summed E-state index contributed by atoms with van der Waals surface area (Å²) in [4.78, 5) is 34.7. The van der Waals surface area contributed by atoms with E-state index in [1.165, 1.54) is 4.90 Å². The molecule has 2 heterocycles. The van der Waals surface area contributed by atoms with Crippen molar-refractivity contribution in [3.8, 4) is 11.5 Å². The van der Waals surface area contributed by atoms with E-state index in [4.69, 9.17) is 14.3 Å². The maximum atomic E-state index is 13.7. The van der Waals surface area contributed by atoms with E-state index in [1.54, 1.807) is 24.3 Å². The van der Waals surface area contributed by atoms with Crippen LogP contribution < -0.4 is 19.4 Å². The van der Waals surface area contributed by atoms with Gasteiger partial charge in [-0.2, -0.15) is 0 Å². The molecule has 2 amide bonds. The highest BCUT2D eigenvalue weighted by molar-refractivity contribution is 6.23. The molecule has 3 aromatic rings. The van der Waals surface area contributed by atoms with E-state index in [0.29, 0.717) is 23.8 Å². The number of amides is 2. The van der Waals surface area contributed by atoms with Gasteiger partial charge in [-0.1, -0.05) is 48.9 Å². The highest BCUT2D eigenvalue weighted by Crippen LogP contribution is 2.48. The number of methoxy groups -OCH3 is 1. The molecule has 5 rings (SSSR count). The van der Waals surface area contributed by atoms with Crippen LogP contribution in [0.3, 0.4) is 0 Å². The highest BCUT2D eigenvalue weighted by Gasteiger charge is 2.60. The van der Waals surface area contributed by atoms with Crippen LogP contribution in [0, 0.1) is 12.8 Å². The lowest BCUT2D eigenvalue weighted by molar-refractivity contribution is -0.126. The quantitative estimate of drug-likeness (QED) is 0.458. The third-order valence-electron chi connectivity index (χ3n) is 6.41. The molecule has 0 spiro atoms. The zero-order valence-electron chi connectivity index (χ0n) is 20.0. The van der Waals surface area contributed by atoms with Crippen LogP contribution in [-0.2, 0) is 14.4 Å². The molecule has 2 aliphatic rings. The van der Waals surface area contributed by atoms with Crippen LogP contribution >= 0.6 is 0 Å². The van der Waals surface area contributed by atoms with E-state index in [1.807, 2.05) is 74.5 Å². The Morgan fingerprint density at radius 2 is 1.63 bits per heavy atom. The van der Waals surface area contributed by atoms with Gasteiger partial charge in [0, 0.05) is 0 Å². The second-order valence-corrected chi connectivity index (χ2v) is 8.76. The number of imide groups is 1. The topological polar surface area (TPSA) is 68.3 Å². The summed E-state index contributed by atoms with van der Waals surface area (Å²) >= 11 is 0. The van der Waals surface area contributed by atoms with Crippen molar-refractivity contribution < 1.29 is 23.9 Å². The minimum absolute atomic E-state index is 0.280. The maximum absolute atomic E-state index is 13.7. The van der Waals surface area contributed by atoms with E-state index in [0.717, 1.165) is 23.2 Å². The average molecular weight is 473 g/mol. The van der Waals surface area contributed by atoms with E-state index in [2.05, 4.69) is 0 Å². The second-order valence-electron chi connectivity index (χ2n) is 8.76. The summed E-state index contributed by atoms with van der Waals surface area (Å²) in [5.41, 5.74) is 3.16. The van der Waals surface area contributed by atoms with Gasteiger partial charge < -0.3 is 9.47 Å². The molecule has 0 radical (unpaired) electrons. The molecule has 0 saturated carbocycles. The fourth-order valence-corrected chi connectivity index (χ4v) is 4.70. The van der Waals surface area contributed by atoms with E-state index in [-0.39, 0.29) is 11.8 Å². The molecule has 0 N–H and O–H groups in total. The predicted octanol–water partition coefficient (Wildman–Crippen LogP) is 4.84. The summed E-state index contributed by atoms with van der Waals surface area (Å²) in [5.74, 6) is -0.148. The van der Waals surface area contributed by atoms with Gasteiger partial charge in [-0.15, -0.1) is 0 Å². The Hall–Kier alpha value is -3.84. The van der Waals surface area contributed by atoms with Crippen molar-refractivity contribution in [2.24, 2.45) is 5.92 Å². The zero-order chi connectivity index (χ0) is 24.5. The molecule has 2 saturated heterocycles. The highest BCUT2D eigenvalue weighted by atomic mass is 16.7. The molecule has 0 aliphatic carbocycles. The number of fused-ring (bicyclic) bond motifs is 1. The van der Waals surface area contributed by atoms with E-state index >= 15 is 0 Å². The molecule has 180 valence electrons. The van der Waals surface area contributed by atoms with Gasteiger partial charge in [0.1, 0.15) is 5.92 Å². The van der Waals surface area contributed by atoms with Crippen LogP contribution in [0.4, 0.5) is 11.4 Å². The normalized spacial score (nSPS) is 21.4. The van der Waals surface area contributed by atoms with Crippen molar-refractivity contribution in [3.05, 3.63) is 83.9 Å². The van der Waals surface area contributed by atoms with Crippen molar-refractivity contribution in [2.75, 3.05) is 23.7 Å². The number of hydrogen-bond acceptors (Lipinski definition) is 6. The molecule has 35 heavy (non-hydrogen) atoms. The molecule has 2 fully saturated rings. The van der Waals surface area contributed by atoms with Crippen molar-refractivity contribution >= 4 is 23.2 Å². The van der Waals surface area contributed by atoms with E-state index in [9.17, 15) is 9.59 Å². The Bertz CT molecular complexity index is 1230. The fourth-order valence-electron chi connectivity index (χ4n) is 4.70. The zero-order valence-corrected chi connectivity index (χ0v) is 20.0. The first-order chi connectivity index (χ1) is 17.0. The number of aryl methyl sites for hydroxylation is 1. The smallest absolute Gasteiger partial charge is 0.266 e. The maximum Gasteiger partial charge on any atom is 0.266 e. The molecule has 0 unspecified atom stereocenters. The third-order valence-corrected chi connectivity index (χ3v) is 6.41. The molecule has 0 bridgehead atoms. The van der Waals surface area contributed by atoms with Crippen LogP contribution in [-0.4, -0.2) is 31.6 Å². The Balaban J connectivity index is 1.57.